The molecule has 1 saturated heterocycles. The fourth-order valence-electron chi connectivity index (χ4n) is 4.62. The highest BCUT2D eigenvalue weighted by molar-refractivity contribution is 6.30. The van der Waals surface area contributed by atoms with Gasteiger partial charge in [-0.15, -0.1) is 0 Å². The fourth-order valence-corrected chi connectivity index (χ4v) is 4.75. The van der Waals surface area contributed by atoms with Crippen LogP contribution in [0, 0.1) is 0 Å². The fraction of sp³-hybridized carbons (Fsp3) is 0.273. The molecule has 2 amide bonds. The van der Waals surface area contributed by atoms with Gasteiger partial charge in [-0.05, 0) is 29.3 Å². The van der Waals surface area contributed by atoms with Crippen LogP contribution in [0.2, 0.25) is 5.02 Å². The molecular formula is C22H20ClN3O3. The summed E-state index contributed by atoms with van der Waals surface area (Å²) in [6, 6.07) is 14.4. The smallest absolute Gasteiger partial charge is 0.246 e. The van der Waals surface area contributed by atoms with Crippen molar-refractivity contribution >= 4 is 34.3 Å². The van der Waals surface area contributed by atoms with Crippen LogP contribution in [-0.4, -0.2) is 57.4 Å². The van der Waals surface area contributed by atoms with E-state index in [1.54, 1.807) is 17.0 Å². The lowest BCUT2D eigenvalue weighted by Crippen LogP contribution is -2.63. The summed E-state index contributed by atoms with van der Waals surface area (Å²) in [6.45, 7) is -0.0124. The van der Waals surface area contributed by atoms with Gasteiger partial charge in [-0.25, -0.2) is 0 Å². The lowest BCUT2D eigenvalue weighted by atomic mass is 9.86. The van der Waals surface area contributed by atoms with Crippen molar-refractivity contribution in [1.29, 1.82) is 0 Å². The Bertz CT molecular complexity index is 1110. The average molecular weight is 410 g/mol. The Morgan fingerprint density at radius 2 is 1.86 bits per heavy atom. The van der Waals surface area contributed by atoms with E-state index in [0.29, 0.717) is 11.4 Å². The zero-order valence-corrected chi connectivity index (χ0v) is 16.4. The summed E-state index contributed by atoms with van der Waals surface area (Å²) in [5, 5.41) is 11.0. The molecule has 2 aromatic carbocycles. The van der Waals surface area contributed by atoms with Gasteiger partial charge in [0, 0.05) is 34.6 Å². The minimum atomic E-state index is -0.588. The van der Waals surface area contributed by atoms with Crippen molar-refractivity contribution in [1.82, 2.24) is 14.8 Å². The highest BCUT2D eigenvalue weighted by Gasteiger charge is 2.47. The van der Waals surface area contributed by atoms with Crippen LogP contribution in [0.15, 0.2) is 48.5 Å². The number of aliphatic hydroxyl groups excluding tert-OH is 1. The molecule has 2 aliphatic heterocycles. The van der Waals surface area contributed by atoms with Gasteiger partial charge < -0.3 is 19.9 Å². The standard InChI is InChI=1S/C22H20ClN3O3/c23-14-7-5-13(6-8-14)21-20-16(15-3-1-2-4-17(15)24-20)11-18-22(29)25(9-10-27)12-19(28)26(18)21/h1-8,18,21,24,27H,9-12H2/t18-,21?/m0/s1. The second-order valence-electron chi connectivity index (χ2n) is 7.52. The van der Waals surface area contributed by atoms with Crippen molar-refractivity contribution in [2.45, 2.75) is 18.5 Å². The molecule has 1 aromatic heterocycles. The van der Waals surface area contributed by atoms with E-state index < -0.39 is 6.04 Å². The van der Waals surface area contributed by atoms with Gasteiger partial charge in [0.2, 0.25) is 11.8 Å². The number of para-hydroxylation sites is 1. The third-order valence-electron chi connectivity index (χ3n) is 5.90. The van der Waals surface area contributed by atoms with Gasteiger partial charge in [0.1, 0.15) is 6.04 Å². The lowest BCUT2D eigenvalue weighted by molar-refractivity contribution is -0.159. The van der Waals surface area contributed by atoms with Gasteiger partial charge >= 0.3 is 0 Å². The van der Waals surface area contributed by atoms with E-state index in [2.05, 4.69) is 4.98 Å². The topological polar surface area (TPSA) is 76.6 Å². The van der Waals surface area contributed by atoms with Crippen LogP contribution in [-0.2, 0) is 16.0 Å². The summed E-state index contributed by atoms with van der Waals surface area (Å²) in [6.07, 6.45) is 0.454. The number of rotatable bonds is 3. The second-order valence-corrected chi connectivity index (χ2v) is 7.96. The molecule has 0 aliphatic carbocycles. The largest absolute Gasteiger partial charge is 0.395 e. The molecule has 1 unspecified atom stereocenters. The Morgan fingerprint density at radius 1 is 1.10 bits per heavy atom. The number of nitrogens with zero attached hydrogens (tertiary/aromatic N) is 2. The maximum Gasteiger partial charge on any atom is 0.246 e. The van der Waals surface area contributed by atoms with Crippen molar-refractivity contribution in [3.63, 3.8) is 0 Å². The molecule has 2 N–H and O–H groups in total. The zero-order valence-electron chi connectivity index (χ0n) is 15.6. The number of H-pyrrole nitrogens is 1. The number of carbonyl (C=O) groups excluding carboxylic acids is 2. The maximum absolute atomic E-state index is 13.2. The van der Waals surface area contributed by atoms with E-state index in [0.717, 1.165) is 27.7 Å². The minimum Gasteiger partial charge on any atom is -0.395 e. The minimum absolute atomic E-state index is 0.0183. The molecule has 0 spiro atoms. The molecule has 3 aromatic rings. The number of halogens is 1. The predicted octanol–water partition coefficient (Wildman–Crippen LogP) is 2.50. The number of piperazine rings is 1. The first-order valence-electron chi connectivity index (χ1n) is 9.64. The average Bonchev–Trinajstić information content (AvgIpc) is 3.10. The van der Waals surface area contributed by atoms with Gasteiger partial charge in [-0.2, -0.15) is 0 Å². The molecule has 3 heterocycles. The van der Waals surface area contributed by atoms with Gasteiger partial charge in [0.05, 0.1) is 19.2 Å². The van der Waals surface area contributed by atoms with E-state index in [1.807, 2.05) is 36.4 Å². The van der Waals surface area contributed by atoms with Crippen LogP contribution in [0.25, 0.3) is 10.9 Å². The number of aromatic nitrogens is 1. The molecule has 148 valence electrons. The van der Waals surface area contributed by atoms with E-state index in [1.165, 1.54) is 4.90 Å². The quantitative estimate of drug-likeness (QED) is 0.697. The molecule has 0 bridgehead atoms. The number of amides is 2. The van der Waals surface area contributed by atoms with Gasteiger partial charge in [-0.3, -0.25) is 9.59 Å². The van der Waals surface area contributed by atoms with E-state index in [4.69, 9.17) is 11.6 Å². The third-order valence-corrected chi connectivity index (χ3v) is 6.15. The predicted molar refractivity (Wildman–Crippen MR) is 110 cm³/mol. The Balaban J connectivity index is 1.70. The zero-order chi connectivity index (χ0) is 20.1. The summed E-state index contributed by atoms with van der Waals surface area (Å²) in [5.41, 5.74) is 3.91. The van der Waals surface area contributed by atoms with Crippen molar-refractivity contribution in [2.75, 3.05) is 19.7 Å². The van der Waals surface area contributed by atoms with Gasteiger partial charge in [0.15, 0.2) is 0 Å². The van der Waals surface area contributed by atoms with E-state index in [9.17, 15) is 14.7 Å². The highest BCUT2D eigenvalue weighted by Crippen LogP contribution is 2.42. The van der Waals surface area contributed by atoms with Gasteiger partial charge in [0.25, 0.3) is 0 Å². The first kappa shape index (κ1) is 18.2. The molecule has 2 atom stereocenters. The Morgan fingerprint density at radius 3 is 2.62 bits per heavy atom. The van der Waals surface area contributed by atoms with Crippen LogP contribution in [0.3, 0.4) is 0 Å². The SMILES string of the molecule is O=C1[C@@H]2Cc3c([nH]c4ccccc34)C(c3ccc(Cl)cc3)N2C(=O)CN1CCO. The number of nitrogens with one attached hydrogen (secondary N) is 1. The van der Waals surface area contributed by atoms with Crippen LogP contribution in [0.5, 0.6) is 0 Å². The lowest BCUT2D eigenvalue weighted by Gasteiger charge is -2.47. The monoisotopic (exact) mass is 409 g/mol. The summed E-state index contributed by atoms with van der Waals surface area (Å²) in [7, 11) is 0. The number of benzene rings is 2. The first-order chi connectivity index (χ1) is 14.1. The van der Waals surface area contributed by atoms with Crippen molar-refractivity contribution in [2.24, 2.45) is 0 Å². The van der Waals surface area contributed by atoms with Crippen LogP contribution < -0.4 is 0 Å². The summed E-state index contributed by atoms with van der Waals surface area (Å²) >= 11 is 6.09. The second kappa shape index (κ2) is 6.90. The maximum atomic E-state index is 13.2. The number of fused-ring (bicyclic) bond motifs is 4. The Kier molecular flexibility index (Phi) is 4.33. The normalized spacial score (nSPS) is 21.4. The molecule has 0 saturated carbocycles. The van der Waals surface area contributed by atoms with Gasteiger partial charge in [-0.1, -0.05) is 41.9 Å². The molecule has 7 heteroatoms. The molecule has 0 radical (unpaired) electrons. The van der Waals surface area contributed by atoms with E-state index in [-0.39, 0.29) is 37.6 Å². The summed E-state index contributed by atoms with van der Waals surface area (Å²) in [4.78, 5) is 33.0. The Hall–Kier alpha value is -2.83. The number of aliphatic hydroxyl groups is 1. The molecule has 29 heavy (non-hydrogen) atoms. The highest BCUT2D eigenvalue weighted by atomic mass is 35.5. The summed E-state index contributed by atoms with van der Waals surface area (Å²) < 4.78 is 0. The van der Waals surface area contributed by atoms with Crippen molar-refractivity contribution < 1.29 is 14.7 Å². The number of β-amino-alcohol motifs (C(OH)–C–C–N with tert-alkyl or cyclic N) is 1. The van der Waals surface area contributed by atoms with E-state index >= 15 is 0 Å². The number of carbonyl (C=O) groups is 2. The number of aromatic amines is 1. The molecule has 2 aliphatic rings. The number of hydrogen-bond acceptors (Lipinski definition) is 3. The molecule has 6 nitrogen and oxygen atoms in total. The first-order valence-corrected chi connectivity index (χ1v) is 10.0. The van der Waals surface area contributed by atoms with Crippen molar-refractivity contribution in [3.05, 3.63) is 70.4 Å². The van der Waals surface area contributed by atoms with Crippen molar-refractivity contribution in [3.8, 4) is 0 Å². The molecular weight excluding hydrogens is 390 g/mol. The van der Waals surface area contributed by atoms with Crippen LogP contribution in [0.4, 0.5) is 0 Å². The summed E-state index contributed by atoms with van der Waals surface area (Å²) in [5.74, 6) is -0.235. The van der Waals surface area contributed by atoms with Crippen LogP contribution in [0.1, 0.15) is 22.9 Å². The Labute approximate surface area is 172 Å². The number of hydrogen-bond donors (Lipinski definition) is 2. The van der Waals surface area contributed by atoms with Crippen LogP contribution >= 0.6 is 11.6 Å². The molecule has 5 rings (SSSR count). The third kappa shape index (κ3) is 2.82. The molecule has 1 fully saturated rings.